The molecule has 0 spiro atoms. The Kier molecular flexibility index (Phi) is 3.49. The molecule has 24 heavy (non-hydrogen) atoms. The Bertz CT molecular complexity index is 611. The summed E-state index contributed by atoms with van der Waals surface area (Å²) in [5.74, 6) is -0.892. The molecular formula is C19H28O5. The number of hydrogen-bond acceptors (Lipinski definition) is 5. The van der Waals surface area contributed by atoms with E-state index in [1.165, 1.54) is 0 Å². The van der Waals surface area contributed by atoms with Gasteiger partial charge in [0.1, 0.15) is 0 Å². The average molecular weight is 336 g/mol. The van der Waals surface area contributed by atoms with Gasteiger partial charge in [-0.05, 0) is 39.5 Å². The molecule has 3 fully saturated rings. The lowest BCUT2D eigenvalue weighted by Crippen LogP contribution is -2.42. The van der Waals surface area contributed by atoms with E-state index in [0.717, 1.165) is 18.4 Å². The summed E-state index contributed by atoms with van der Waals surface area (Å²) >= 11 is 0. The zero-order valence-corrected chi connectivity index (χ0v) is 15.3. The molecular weight excluding hydrogens is 308 g/mol. The highest BCUT2D eigenvalue weighted by Gasteiger charge is 2.65. The molecule has 0 aromatic rings. The first-order valence-electron chi connectivity index (χ1n) is 9.11. The van der Waals surface area contributed by atoms with Crippen LogP contribution in [0.2, 0.25) is 0 Å². The summed E-state index contributed by atoms with van der Waals surface area (Å²) < 4.78 is 24.1. The van der Waals surface area contributed by atoms with Gasteiger partial charge in [0.05, 0.1) is 30.0 Å². The van der Waals surface area contributed by atoms with Gasteiger partial charge in [0.15, 0.2) is 0 Å². The Balaban J connectivity index is 1.70. The second-order valence-electron chi connectivity index (χ2n) is 8.71. The van der Waals surface area contributed by atoms with E-state index in [-0.39, 0.29) is 29.4 Å². The number of ether oxygens (including phenoxy) is 4. The molecule has 5 heteroatoms. The van der Waals surface area contributed by atoms with Crippen LogP contribution in [0.25, 0.3) is 0 Å². The quantitative estimate of drug-likeness (QED) is 0.585. The maximum absolute atomic E-state index is 12.4. The van der Waals surface area contributed by atoms with Gasteiger partial charge in [-0.15, -0.1) is 0 Å². The minimum atomic E-state index is -0.987. The van der Waals surface area contributed by atoms with Crippen molar-refractivity contribution in [1.82, 2.24) is 0 Å². The summed E-state index contributed by atoms with van der Waals surface area (Å²) in [4.78, 5) is 12.4. The van der Waals surface area contributed by atoms with Gasteiger partial charge in [0.2, 0.25) is 5.79 Å². The van der Waals surface area contributed by atoms with Crippen molar-refractivity contribution < 1.29 is 23.7 Å². The molecule has 4 rings (SSSR count). The first kappa shape index (κ1) is 16.6. The van der Waals surface area contributed by atoms with Crippen LogP contribution in [0.4, 0.5) is 0 Å². The average Bonchev–Trinajstić information content (AvgIpc) is 3.32. The summed E-state index contributed by atoms with van der Waals surface area (Å²) in [5, 5.41) is 0. The minimum Gasteiger partial charge on any atom is -0.425 e. The van der Waals surface area contributed by atoms with Gasteiger partial charge in [-0.2, -0.15) is 0 Å². The Morgan fingerprint density at radius 3 is 2.62 bits per heavy atom. The largest absolute Gasteiger partial charge is 0.425 e. The lowest BCUT2D eigenvalue weighted by Gasteiger charge is -2.34. The van der Waals surface area contributed by atoms with Gasteiger partial charge >= 0.3 is 5.97 Å². The third-order valence-corrected chi connectivity index (χ3v) is 6.07. The fourth-order valence-corrected chi connectivity index (χ4v) is 4.26. The normalized spacial score (nSPS) is 47.0. The lowest BCUT2D eigenvalue weighted by atomic mass is 9.83. The van der Waals surface area contributed by atoms with Crippen LogP contribution in [0, 0.1) is 5.92 Å². The van der Waals surface area contributed by atoms with E-state index in [1.807, 2.05) is 6.92 Å². The van der Waals surface area contributed by atoms with Crippen molar-refractivity contribution in [3.05, 3.63) is 11.1 Å². The Labute approximate surface area is 143 Å². The molecule has 134 valence electrons. The van der Waals surface area contributed by atoms with Crippen LogP contribution in [0.3, 0.4) is 0 Å². The van der Waals surface area contributed by atoms with Gasteiger partial charge in [0.25, 0.3) is 0 Å². The van der Waals surface area contributed by atoms with Crippen LogP contribution >= 0.6 is 0 Å². The fourth-order valence-electron chi connectivity index (χ4n) is 4.26. The molecule has 3 aliphatic heterocycles. The summed E-state index contributed by atoms with van der Waals surface area (Å²) in [7, 11) is 0. The molecule has 1 saturated carbocycles. The first-order valence-corrected chi connectivity index (χ1v) is 9.11. The van der Waals surface area contributed by atoms with Crippen molar-refractivity contribution in [2.45, 2.75) is 89.5 Å². The lowest BCUT2D eigenvalue weighted by molar-refractivity contribution is -0.213. The number of epoxide rings is 2. The van der Waals surface area contributed by atoms with Crippen molar-refractivity contribution in [2.24, 2.45) is 5.92 Å². The van der Waals surface area contributed by atoms with Crippen LogP contribution in [-0.2, 0) is 23.7 Å². The number of hydrogen-bond donors (Lipinski definition) is 0. The molecule has 1 aliphatic carbocycles. The van der Waals surface area contributed by atoms with Crippen molar-refractivity contribution >= 4 is 5.97 Å². The van der Waals surface area contributed by atoms with E-state index in [2.05, 4.69) is 27.7 Å². The van der Waals surface area contributed by atoms with Crippen LogP contribution < -0.4 is 0 Å². The zero-order valence-electron chi connectivity index (χ0n) is 15.3. The molecule has 4 aliphatic rings. The van der Waals surface area contributed by atoms with Crippen molar-refractivity contribution in [3.8, 4) is 0 Å². The molecule has 5 atom stereocenters. The molecule has 0 radical (unpaired) electrons. The monoisotopic (exact) mass is 336 g/mol. The summed E-state index contributed by atoms with van der Waals surface area (Å²) in [6.45, 7) is 10.9. The second kappa shape index (κ2) is 5.05. The van der Waals surface area contributed by atoms with Crippen LogP contribution in [0.15, 0.2) is 11.1 Å². The zero-order chi connectivity index (χ0) is 17.3. The Morgan fingerprint density at radius 1 is 1.21 bits per heavy atom. The van der Waals surface area contributed by atoms with Crippen LogP contribution in [-0.4, -0.2) is 41.8 Å². The van der Waals surface area contributed by atoms with Gasteiger partial charge in [-0.1, -0.05) is 13.8 Å². The highest BCUT2D eigenvalue weighted by molar-refractivity contribution is 5.92. The standard InChI is InChI=1S/C19H28O5/c1-11(2)9-21-19-10-18(5)14(22-18)6-7-17(4)15(23-17)8-13(19)12(3)16(20)24-19/h11,14-15H,6-10H2,1-5H3/t14-,15-,17-,18-,19-/m1/s1. The molecule has 0 aromatic heterocycles. The number of fused-ring (bicyclic) bond motifs is 3. The van der Waals surface area contributed by atoms with Gasteiger partial charge in [-0.3, -0.25) is 0 Å². The fraction of sp³-hybridized carbons (Fsp3) is 0.842. The topological polar surface area (TPSA) is 60.6 Å². The van der Waals surface area contributed by atoms with Gasteiger partial charge in [-0.25, -0.2) is 4.79 Å². The SMILES string of the molecule is CC1=C2C[C@H]3O[C@]3(C)CC[C@H]3O[C@]3(C)C[C@@]2(OCC(C)C)OC1=O. The summed E-state index contributed by atoms with van der Waals surface area (Å²) in [6, 6.07) is 0. The molecule has 0 bridgehead atoms. The van der Waals surface area contributed by atoms with E-state index >= 15 is 0 Å². The second-order valence-corrected chi connectivity index (χ2v) is 8.71. The molecule has 2 saturated heterocycles. The third kappa shape index (κ3) is 2.52. The number of carbonyl (C=O) groups excluding carboxylic acids is 1. The molecule has 5 nitrogen and oxygen atoms in total. The predicted molar refractivity (Wildman–Crippen MR) is 87.3 cm³/mol. The molecule has 0 aromatic carbocycles. The van der Waals surface area contributed by atoms with E-state index in [0.29, 0.717) is 30.9 Å². The molecule has 3 heterocycles. The maximum atomic E-state index is 12.4. The highest BCUT2D eigenvalue weighted by atomic mass is 16.7. The molecule has 0 unspecified atom stereocenters. The van der Waals surface area contributed by atoms with Crippen molar-refractivity contribution in [3.63, 3.8) is 0 Å². The van der Waals surface area contributed by atoms with Gasteiger partial charge < -0.3 is 18.9 Å². The van der Waals surface area contributed by atoms with E-state index in [4.69, 9.17) is 18.9 Å². The number of carbonyl (C=O) groups is 1. The summed E-state index contributed by atoms with van der Waals surface area (Å²) in [6.07, 6.45) is 3.58. The Morgan fingerprint density at radius 2 is 1.92 bits per heavy atom. The number of rotatable bonds is 3. The van der Waals surface area contributed by atoms with Crippen molar-refractivity contribution in [2.75, 3.05) is 6.61 Å². The van der Waals surface area contributed by atoms with E-state index in [9.17, 15) is 4.79 Å². The maximum Gasteiger partial charge on any atom is 0.336 e. The smallest absolute Gasteiger partial charge is 0.336 e. The first-order chi connectivity index (χ1) is 11.2. The minimum absolute atomic E-state index is 0.104. The van der Waals surface area contributed by atoms with E-state index in [1.54, 1.807) is 0 Å². The number of esters is 1. The third-order valence-electron chi connectivity index (χ3n) is 6.07. The highest BCUT2D eigenvalue weighted by Crippen LogP contribution is 2.56. The van der Waals surface area contributed by atoms with Crippen molar-refractivity contribution in [1.29, 1.82) is 0 Å². The van der Waals surface area contributed by atoms with Crippen LogP contribution in [0.5, 0.6) is 0 Å². The van der Waals surface area contributed by atoms with E-state index < -0.39 is 5.79 Å². The predicted octanol–water partition coefficient (Wildman–Crippen LogP) is 3.12. The van der Waals surface area contributed by atoms with Crippen LogP contribution in [0.1, 0.15) is 60.3 Å². The molecule has 0 amide bonds. The summed E-state index contributed by atoms with van der Waals surface area (Å²) in [5.41, 5.74) is 1.25. The Hall–Kier alpha value is -0.910. The molecule has 0 N–H and O–H groups in total. The van der Waals surface area contributed by atoms with Gasteiger partial charge in [0, 0.05) is 24.0 Å².